The Balaban J connectivity index is 2.07. The Kier molecular flexibility index (Phi) is 7.08. The summed E-state index contributed by atoms with van der Waals surface area (Å²) in [6.45, 7) is 20.6. The zero-order valence-electron chi connectivity index (χ0n) is 21.8. The van der Waals surface area contributed by atoms with Crippen molar-refractivity contribution in [3.8, 4) is 0 Å². The van der Waals surface area contributed by atoms with Crippen molar-refractivity contribution in [1.29, 1.82) is 0 Å². The minimum Gasteiger partial charge on any atom is -0.415 e. The van der Waals surface area contributed by atoms with Gasteiger partial charge in [-0.1, -0.05) is 61.0 Å². The maximum atomic E-state index is 13.7. The smallest absolute Gasteiger partial charge is 0.200 e. The van der Waals surface area contributed by atoms with Crippen LogP contribution < -0.4 is 0 Å². The third-order valence-corrected chi connectivity index (χ3v) is 15.7. The number of rotatable bonds is 6. The number of carbonyl (C=O) groups excluding carboxylic acids is 2. The fourth-order valence-corrected chi connectivity index (χ4v) is 14.1. The molecule has 3 aliphatic rings. The standard InChI is InChI=1S/C27H46O4Si/c1-16(2)32(17(3)4,18(5)6)31-15-27-11-10-22-19(7)12-21(28)14-26(22,9)25(27)24(30)23(29)20(8)13-27/h12,16-18,20,22-23,25,29H,10-11,13-15H2,1-9H3/t20-,22+,23-,25-,26+,27+/m1/s1. The fraction of sp³-hybridized carbons (Fsp3) is 0.852. The summed E-state index contributed by atoms with van der Waals surface area (Å²) in [5.41, 5.74) is 1.81. The van der Waals surface area contributed by atoms with E-state index in [2.05, 4.69) is 48.5 Å². The van der Waals surface area contributed by atoms with E-state index in [0.29, 0.717) is 29.7 Å². The molecule has 0 saturated heterocycles. The van der Waals surface area contributed by atoms with Gasteiger partial charge in [0.1, 0.15) is 6.10 Å². The van der Waals surface area contributed by atoms with Gasteiger partial charge in [0, 0.05) is 24.4 Å². The van der Waals surface area contributed by atoms with Gasteiger partial charge >= 0.3 is 0 Å². The van der Waals surface area contributed by atoms with Crippen molar-refractivity contribution in [2.45, 2.75) is 111 Å². The zero-order valence-corrected chi connectivity index (χ0v) is 22.8. The van der Waals surface area contributed by atoms with Gasteiger partial charge in [0.25, 0.3) is 0 Å². The highest BCUT2D eigenvalue weighted by molar-refractivity contribution is 6.77. The minimum atomic E-state index is -2.10. The summed E-state index contributed by atoms with van der Waals surface area (Å²) < 4.78 is 7.13. The van der Waals surface area contributed by atoms with E-state index in [0.717, 1.165) is 24.8 Å². The molecule has 0 bridgehead atoms. The molecule has 182 valence electrons. The highest BCUT2D eigenvalue weighted by Gasteiger charge is 2.64. The second kappa shape index (κ2) is 8.78. The molecule has 0 aromatic rings. The van der Waals surface area contributed by atoms with Gasteiger partial charge in [-0.05, 0) is 66.1 Å². The van der Waals surface area contributed by atoms with E-state index in [1.54, 1.807) is 6.08 Å². The van der Waals surface area contributed by atoms with Gasteiger partial charge in [0.2, 0.25) is 0 Å². The van der Waals surface area contributed by atoms with Gasteiger partial charge in [0.05, 0.1) is 0 Å². The Morgan fingerprint density at radius 3 is 2.22 bits per heavy atom. The van der Waals surface area contributed by atoms with E-state index in [1.807, 2.05) is 13.8 Å². The monoisotopic (exact) mass is 462 g/mol. The van der Waals surface area contributed by atoms with Gasteiger partial charge < -0.3 is 9.53 Å². The summed E-state index contributed by atoms with van der Waals surface area (Å²) in [6, 6.07) is 0. The minimum absolute atomic E-state index is 0.0482. The highest BCUT2D eigenvalue weighted by atomic mass is 28.4. The van der Waals surface area contributed by atoms with Crippen LogP contribution in [-0.2, 0) is 14.0 Å². The van der Waals surface area contributed by atoms with E-state index >= 15 is 0 Å². The van der Waals surface area contributed by atoms with Crippen LogP contribution in [0.5, 0.6) is 0 Å². The largest absolute Gasteiger partial charge is 0.415 e. The van der Waals surface area contributed by atoms with Crippen molar-refractivity contribution in [1.82, 2.24) is 0 Å². The van der Waals surface area contributed by atoms with E-state index in [-0.39, 0.29) is 34.7 Å². The summed E-state index contributed by atoms with van der Waals surface area (Å²) in [5, 5.41) is 10.8. The van der Waals surface area contributed by atoms with E-state index in [9.17, 15) is 14.7 Å². The van der Waals surface area contributed by atoms with Crippen LogP contribution in [0.1, 0.15) is 88.0 Å². The number of fused-ring (bicyclic) bond motifs is 3. The number of hydrogen-bond donors (Lipinski definition) is 1. The molecule has 2 saturated carbocycles. The molecule has 0 heterocycles. The molecule has 0 radical (unpaired) electrons. The van der Waals surface area contributed by atoms with Crippen molar-refractivity contribution >= 4 is 19.9 Å². The number of hydrogen-bond acceptors (Lipinski definition) is 4. The first-order valence-corrected chi connectivity index (χ1v) is 14.9. The number of Topliss-reactive ketones (excluding diaryl/α,β-unsaturated/α-hetero) is 1. The first kappa shape index (κ1) is 25.8. The molecule has 0 aliphatic heterocycles. The lowest BCUT2D eigenvalue weighted by atomic mass is 9.43. The summed E-state index contributed by atoms with van der Waals surface area (Å²) in [7, 11) is -2.10. The SMILES string of the molecule is CC1=CC(=O)C[C@@]2(C)[C@H]1CC[C@@]1(CO[Si](C(C)C)(C(C)C)C(C)C)C[C@@H](C)[C@@H](O)C(=O)[C@@H]12. The molecule has 2 fully saturated rings. The molecule has 6 atom stereocenters. The third kappa shape index (κ3) is 3.80. The Bertz CT molecular complexity index is 763. The quantitative estimate of drug-likeness (QED) is 0.485. The Morgan fingerprint density at radius 2 is 1.69 bits per heavy atom. The molecule has 0 unspecified atom stereocenters. The molecule has 5 heteroatoms. The summed E-state index contributed by atoms with van der Waals surface area (Å²) in [6.07, 6.45) is 3.96. The summed E-state index contributed by atoms with van der Waals surface area (Å²) >= 11 is 0. The summed E-state index contributed by atoms with van der Waals surface area (Å²) in [5.74, 6) is -0.107. The van der Waals surface area contributed by atoms with Crippen molar-refractivity contribution in [2.75, 3.05) is 6.61 Å². The van der Waals surface area contributed by atoms with Crippen LogP contribution in [0, 0.1) is 28.6 Å². The Hall–Kier alpha value is -0.783. The lowest BCUT2D eigenvalue weighted by Crippen LogP contribution is -2.64. The van der Waals surface area contributed by atoms with Gasteiger partial charge in [0.15, 0.2) is 19.9 Å². The second-order valence-electron chi connectivity index (χ2n) is 12.6. The van der Waals surface area contributed by atoms with Crippen LogP contribution in [0.3, 0.4) is 0 Å². The van der Waals surface area contributed by atoms with Crippen molar-refractivity contribution in [3.63, 3.8) is 0 Å². The maximum absolute atomic E-state index is 13.7. The molecule has 32 heavy (non-hydrogen) atoms. The predicted molar refractivity (Wildman–Crippen MR) is 132 cm³/mol. The van der Waals surface area contributed by atoms with E-state index in [1.165, 1.54) is 0 Å². The third-order valence-electron chi connectivity index (χ3n) is 9.65. The van der Waals surface area contributed by atoms with Crippen LogP contribution >= 0.6 is 0 Å². The normalized spacial score (nSPS) is 38.2. The Labute approximate surface area is 196 Å². The number of allylic oxidation sites excluding steroid dienone is 2. The molecular formula is C27H46O4Si. The lowest BCUT2D eigenvalue weighted by Gasteiger charge is -2.61. The van der Waals surface area contributed by atoms with Crippen molar-refractivity contribution in [3.05, 3.63) is 11.6 Å². The number of carbonyl (C=O) groups is 2. The van der Waals surface area contributed by atoms with Crippen molar-refractivity contribution < 1.29 is 19.1 Å². The van der Waals surface area contributed by atoms with Gasteiger partial charge in [-0.15, -0.1) is 0 Å². The average molecular weight is 463 g/mol. The first-order chi connectivity index (χ1) is 14.7. The summed E-state index contributed by atoms with van der Waals surface area (Å²) in [4.78, 5) is 26.4. The van der Waals surface area contributed by atoms with Crippen molar-refractivity contribution in [2.24, 2.45) is 28.6 Å². The van der Waals surface area contributed by atoms with Crippen LogP contribution in [0.2, 0.25) is 16.6 Å². The topological polar surface area (TPSA) is 63.6 Å². The lowest BCUT2D eigenvalue weighted by molar-refractivity contribution is -0.175. The average Bonchev–Trinajstić information content (AvgIpc) is 2.64. The number of ketones is 2. The molecule has 4 nitrogen and oxygen atoms in total. The Morgan fingerprint density at radius 1 is 1.12 bits per heavy atom. The number of aliphatic hydroxyl groups excluding tert-OH is 1. The van der Waals surface area contributed by atoms with Gasteiger partial charge in [-0.3, -0.25) is 9.59 Å². The van der Waals surface area contributed by atoms with Gasteiger partial charge in [-0.25, -0.2) is 0 Å². The van der Waals surface area contributed by atoms with Gasteiger partial charge in [-0.2, -0.15) is 0 Å². The van der Waals surface area contributed by atoms with Crippen LogP contribution in [0.4, 0.5) is 0 Å². The molecular weight excluding hydrogens is 416 g/mol. The predicted octanol–water partition coefficient (Wildman–Crippen LogP) is 6.09. The molecule has 0 spiro atoms. The number of aliphatic hydroxyl groups is 1. The van der Waals surface area contributed by atoms with Crippen LogP contribution in [-0.4, -0.2) is 37.7 Å². The molecule has 0 amide bonds. The highest BCUT2D eigenvalue weighted by Crippen LogP contribution is 2.64. The fourth-order valence-electron chi connectivity index (χ4n) is 8.59. The first-order valence-electron chi connectivity index (χ1n) is 12.8. The molecule has 3 aliphatic carbocycles. The second-order valence-corrected chi connectivity index (χ2v) is 18.0. The van der Waals surface area contributed by atoms with E-state index < -0.39 is 19.8 Å². The molecule has 1 N–H and O–H groups in total. The van der Waals surface area contributed by atoms with E-state index in [4.69, 9.17) is 4.43 Å². The van der Waals surface area contributed by atoms with Crippen LogP contribution in [0.15, 0.2) is 11.6 Å². The molecule has 0 aromatic carbocycles. The maximum Gasteiger partial charge on any atom is 0.200 e. The zero-order chi connectivity index (χ0) is 24.2. The van der Waals surface area contributed by atoms with Crippen LogP contribution in [0.25, 0.3) is 0 Å². The molecule has 0 aromatic heterocycles. The molecule has 3 rings (SSSR count).